The Morgan fingerprint density at radius 3 is 2.16 bits per heavy atom. The first-order valence-electron chi connectivity index (χ1n) is 13.0. The summed E-state index contributed by atoms with van der Waals surface area (Å²) in [6, 6.07) is 0. The number of unbranched alkanes of at least 4 members (excludes halogenated alkanes) is 3. The van der Waals surface area contributed by atoms with Crippen LogP contribution in [0, 0.1) is 4.64 Å². The summed E-state index contributed by atoms with van der Waals surface area (Å²) in [6.07, 6.45) is 4.41. The van der Waals surface area contributed by atoms with Crippen molar-refractivity contribution in [2.45, 2.75) is 103 Å². The number of esters is 3. The maximum Gasteiger partial charge on any atom is 0.306 e. The summed E-state index contributed by atoms with van der Waals surface area (Å²) in [5, 5.41) is 0. The third-order valence-corrected chi connectivity index (χ3v) is 6.38. The minimum absolute atomic E-state index is 0.155. The van der Waals surface area contributed by atoms with Crippen molar-refractivity contribution in [2.24, 2.45) is 0 Å². The van der Waals surface area contributed by atoms with Gasteiger partial charge in [0.05, 0.1) is 12.7 Å². The second-order valence-corrected chi connectivity index (χ2v) is 9.41. The zero-order chi connectivity index (χ0) is 26.8. The molecule has 1 aliphatic heterocycles. The standard InChI is InChI=1S/C25H36N4O7S/c1-4-7-10-17(30)33-13-16-21(35-18(31)11-8-5-2)22(36-19(32)12-9-6-3)25(34-16)29-15-28-20-23(29)26-14-27-24(20)37/h14-16,21-22,25H,4-13H2,1-3H3,(H,26,27,37)/t16-,21-,22-,25+/m0/s1. The van der Waals surface area contributed by atoms with Crippen LogP contribution >= 0.6 is 12.2 Å². The molecule has 2 aromatic heterocycles. The fourth-order valence-electron chi connectivity index (χ4n) is 4.03. The molecule has 204 valence electrons. The van der Waals surface area contributed by atoms with Gasteiger partial charge in [-0.15, -0.1) is 0 Å². The van der Waals surface area contributed by atoms with Gasteiger partial charge in [-0.1, -0.05) is 52.3 Å². The monoisotopic (exact) mass is 536 g/mol. The molecule has 0 bridgehead atoms. The van der Waals surface area contributed by atoms with Crippen LogP contribution in [0.5, 0.6) is 0 Å². The van der Waals surface area contributed by atoms with Crippen LogP contribution in [0.15, 0.2) is 12.7 Å². The van der Waals surface area contributed by atoms with Crippen LogP contribution in [-0.4, -0.2) is 62.3 Å². The fourth-order valence-corrected chi connectivity index (χ4v) is 4.23. The molecule has 1 N–H and O–H groups in total. The maximum atomic E-state index is 12.7. The van der Waals surface area contributed by atoms with Crippen molar-refractivity contribution in [2.75, 3.05) is 6.61 Å². The second kappa shape index (κ2) is 14.2. The molecule has 0 saturated carbocycles. The Bertz CT molecular complexity index is 1120. The quantitative estimate of drug-likeness (QED) is 0.211. The summed E-state index contributed by atoms with van der Waals surface area (Å²) in [6.45, 7) is 5.78. The average Bonchev–Trinajstić information content (AvgIpc) is 3.46. The molecule has 11 nitrogen and oxygen atoms in total. The van der Waals surface area contributed by atoms with E-state index in [2.05, 4.69) is 15.0 Å². The Morgan fingerprint density at radius 2 is 1.54 bits per heavy atom. The highest BCUT2D eigenvalue weighted by molar-refractivity contribution is 7.71. The van der Waals surface area contributed by atoms with Crippen LogP contribution in [-0.2, 0) is 33.3 Å². The van der Waals surface area contributed by atoms with Crippen LogP contribution in [0.2, 0.25) is 0 Å². The summed E-state index contributed by atoms with van der Waals surface area (Å²) in [5.74, 6) is -1.24. The fraction of sp³-hybridized carbons (Fsp3) is 0.680. The zero-order valence-corrected chi connectivity index (χ0v) is 22.5. The Kier molecular flexibility index (Phi) is 11.0. The van der Waals surface area contributed by atoms with Crippen molar-refractivity contribution in [3.8, 4) is 0 Å². The summed E-state index contributed by atoms with van der Waals surface area (Å²) < 4.78 is 25.3. The van der Waals surface area contributed by atoms with Gasteiger partial charge in [-0.25, -0.2) is 9.97 Å². The molecular formula is C25H36N4O7S. The van der Waals surface area contributed by atoms with Crippen LogP contribution in [0.3, 0.4) is 0 Å². The topological polar surface area (TPSA) is 135 Å². The van der Waals surface area contributed by atoms with E-state index in [0.29, 0.717) is 35.1 Å². The van der Waals surface area contributed by atoms with E-state index >= 15 is 0 Å². The van der Waals surface area contributed by atoms with Crippen LogP contribution < -0.4 is 0 Å². The maximum absolute atomic E-state index is 12.7. The van der Waals surface area contributed by atoms with Gasteiger partial charge in [-0.3, -0.25) is 19.0 Å². The number of carbonyl (C=O) groups is 3. The number of nitrogens with zero attached hydrogens (tertiary/aromatic N) is 3. The molecule has 0 amide bonds. The summed E-state index contributed by atoms with van der Waals surface area (Å²) in [7, 11) is 0. The van der Waals surface area contributed by atoms with Gasteiger partial charge in [-0.2, -0.15) is 0 Å². The first-order valence-corrected chi connectivity index (χ1v) is 13.4. The van der Waals surface area contributed by atoms with Gasteiger partial charge in [0.1, 0.15) is 23.9 Å². The molecule has 3 rings (SSSR count). The highest BCUT2D eigenvalue weighted by Gasteiger charge is 2.51. The SMILES string of the molecule is CCCCC(=O)OC[C@@H]1O[C@@H](n2cnc3c(=S)nc[nH]c32)[C@@H](OC(=O)CCCC)[C@H]1OC(=O)CCCC. The van der Waals surface area contributed by atoms with Crippen LogP contribution in [0.1, 0.15) is 84.8 Å². The van der Waals surface area contributed by atoms with E-state index in [-0.39, 0.29) is 31.8 Å². The van der Waals surface area contributed by atoms with E-state index < -0.39 is 36.5 Å². The zero-order valence-electron chi connectivity index (χ0n) is 21.6. The number of imidazole rings is 1. The Balaban J connectivity index is 1.93. The van der Waals surface area contributed by atoms with Crippen molar-refractivity contribution in [1.29, 1.82) is 0 Å². The molecule has 3 heterocycles. The van der Waals surface area contributed by atoms with Crippen molar-refractivity contribution < 1.29 is 33.3 Å². The van der Waals surface area contributed by atoms with Gasteiger partial charge < -0.3 is 23.9 Å². The van der Waals surface area contributed by atoms with Crippen molar-refractivity contribution in [3.05, 3.63) is 17.3 Å². The van der Waals surface area contributed by atoms with Gasteiger partial charge in [0.25, 0.3) is 0 Å². The molecule has 37 heavy (non-hydrogen) atoms. The molecule has 1 fully saturated rings. The van der Waals surface area contributed by atoms with Crippen LogP contribution in [0.25, 0.3) is 11.2 Å². The molecule has 0 aromatic carbocycles. The molecule has 0 radical (unpaired) electrons. The van der Waals surface area contributed by atoms with Crippen molar-refractivity contribution >= 4 is 41.3 Å². The summed E-state index contributed by atoms with van der Waals surface area (Å²) in [4.78, 5) is 49.0. The minimum Gasteiger partial charge on any atom is -0.463 e. The average molecular weight is 537 g/mol. The van der Waals surface area contributed by atoms with Gasteiger partial charge >= 0.3 is 17.9 Å². The number of carbonyl (C=O) groups excluding carboxylic acids is 3. The number of nitrogens with one attached hydrogen (secondary N) is 1. The molecule has 0 aliphatic carbocycles. The molecule has 1 aliphatic rings. The van der Waals surface area contributed by atoms with Gasteiger partial charge in [0.15, 0.2) is 23.1 Å². The highest BCUT2D eigenvalue weighted by Crippen LogP contribution is 2.36. The molecule has 0 spiro atoms. The highest BCUT2D eigenvalue weighted by atomic mass is 32.1. The lowest BCUT2D eigenvalue weighted by Gasteiger charge is -2.25. The number of ether oxygens (including phenoxy) is 4. The minimum atomic E-state index is -0.998. The van der Waals surface area contributed by atoms with Crippen molar-refractivity contribution in [1.82, 2.24) is 19.5 Å². The lowest BCUT2D eigenvalue weighted by molar-refractivity contribution is -0.169. The number of aromatic amines is 1. The predicted octanol–water partition coefficient (Wildman–Crippen LogP) is 4.32. The molecule has 2 aromatic rings. The molecular weight excluding hydrogens is 500 g/mol. The Morgan fingerprint density at radius 1 is 0.946 bits per heavy atom. The van der Waals surface area contributed by atoms with Gasteiger partial charge in [-0.05, 0) is 19.3 Å². The smallest absolute Gasteiger partial charge is 0.306 e. The second-order valence-electron chi connectivity index (χ2n) is 9.02. The van der Waals surface area contributed by atoms with E-state index in [9.17, 15) is 14.4 Å². The first-order chi connectivity index (χ1) is 17.9. The summed E-state index contributed by atoms with van der Waals surface area (Å²) >= 11 is 5.28. The number of hydrogen-bond acceptors (Lipinski definition) is 10. The van der Waals surface area contributed by atoms with E-state index in [1.807, 2.05) is 20.8 Å². The number of fused-ring (bicyclic) bond motifs is 1. The molecule has 0 unspecified atom stereocenters. The Hall–Kier alpha value is -2.86. The van der Waals surface area contributed by atoms with Gasteiger partial charge in [0, 0.05) is 19.3 Å². The number of H-pyrrole nitrogens is 1. The predicted molar refractivity (Wildman–Crippen MR) is 136 cm³/mol. The third kappa shape index (κ3) is 7.57. The van der Waals surface area contributed by atoms with E-state index in [4.69, 9.17) is 31.2 Å². The molecule has 1 saturated heterocycles. The first kappa shape index (κ1) is 28.7. The number of rotatable bonds is 14. The van der Waals surface area contributed by atoms with E-state index in [1.165, 1.54) is 12.7 Å². The lowest BCUT2D eigenvalue weighted by Crippen LogP contribution is -2.41. The van der Waals surface area contributed by atoms with Crippen molar-refractivity contribution in [3.63, 3.8) is 0 Å². The normalized spacial score (nSPS) is 21.2. The largest absolute Gasteiger partial charge is 0.463 e. The van der Waals surface area contributed by atoms with Crippen LogP contribution in [0.4, 0.5) is 0 Å². The van der Waals surface area contributed by atoms with E-state index in [0.717, 1.165) is 19.3 Å². The van der Waals surface area contributed by atoms with E-state index in [1.54, 1.807) is 4.57 Å². The third-order valence-electron chi connectivity index (χ3n) is 6.09. The number of aromatic nitrogens is 4. The molecule has 12 heteroatoms. The van der Waals surface area contributed by atoms with Gasteiger partial charge in [0.2, 0.25) is 0 Å². The lowest BCUT2D eigenvalue weighted by atomic mass is 10.1. The summed E-state index contributed by atoms with van der Waals surface area (Å²) in [5.41, 5.74) is 0.958. The Labute approximate surface area is 221 Å². The number of hydrogen-bond donors (Lipinski definition) is 1. The molecule has 4 atom stereocenters.